The minimum atomic E-state index is 0.0214. The minimum Gasteiger partial charge on any atom is -0.504 e. The summed E-state index contributed by atoms with van der Waals surface area (Å²) in [5, 5.41) is 10.1. The molecule has 0 atom stereocenters. The fourth-order valence-electron chi connectivity index (χ4n) is 2.90. The Hall–Kier alpha value is -3.60. The van der Waals surface area contributed by atoms with Crippen molar-refractivity contribution >= 4 is 12.2 Å². The third-order valence-electron chi connectivity index (χ3n) is 4.37. The summed E-state index contributed by atoms with van der Waals surface area (Å²) in [4.78, 5) is 0. The van der Waals surface area contributed by atoms with E-state index in [2.05, 4.69) is 0 Å². The van der Waals surface area contributed by atoms with Gasteiger partial charge < -0.3 is 24.1 Å². The van der Waals surface area contributed by atoms with Crippen molar-refractivity contribution < 1.29 is 24.1 Å². The maximum atomic E-state index is 10.1. The molecule has 0 saturated heterocycles. The summed E-state index contributed by atoms with van der Waals surface area (Å²) >= 11 is 0. The van der Waals surface area contributed by atoms with E-state index in [0.717, 1.165) is 16.7 Å². The van der Waals surface area contributed by atoms with Gasteiger partial charge in [-0.25, -0.2) is 0 Å². The molecule has 1 N–H and O–H groups in total. The summed E-state index contributed by atoms with van der Waals surface area (Å²) < 4.78 is 21.8. The molecule has 0 radical (unpaired) electrons. The third kappa shape index (κ3) is 5.02. The van der Waals surface area contributed by atoms with Gasteiger partial charge in [0.05, 0.1) is 21.3 Å². The largest absolute Gasteiger partial charge is 0.504 e. The van der Waals surface area contributed by atoms with Gasteiger partial charge in [0.15, 0.2) is 23.0 Å². The molecule has 0 heterocycles. The van der Waals surface area contributed by atoms with E-state index >= 15 is 0 Å². The highest BCUT2D eigenvalue weighted by Gasteiger charge is 2.10. The van der Waals surface area contributed by atoms with Crippen LogP contribution in [0.5, 0.6) is 28.7 Å². The highest BCUT2D eigenvalue weighted by atomic mass is 16.5. The van der Waals surface area contributed by atoms with E-state index in [1.807, 2.05) is 60.7 Å². The Balaban J connectivity index is 1.81. The van der Waals surface area contributed by atoms with Crippen molar-refractivity contribution in [1.82, 2.24) is 0 Å². The van der Waals surface area contributed by atoms with Crippen LogP contribution in [0.1, 0.15) is 16.7 Å². The second kappa shape index (κ2) is 9.55. The molecule has 5 nitrogen and oxygen atoms in total. The molecular weight excluding hydrogens is 368 g/mol. The van der Waals surface area contributed by atoms with Gasteiger partial charge in [-0.2, -0.15) is 0 Å². The summed E-state index contributed by atoms with van der Waals surface area (Å²) in [7, 11) is 4.64. The van der Waals surface area contributed by atoms with Crippen LogP contribution in [0.2, 0.25) is 0 Å². The van der Waals surface area contributed by atoms with Crippen LogP contribution < -0.4 is 18.9 Å². The van der Waals surface area contributed by atoms with Crippen molar-refractivity contribution in [2.24, 2.45) is 0 Å². The van der Waals surface area contributed by atoms with Gasteiger partial charge in [0.2, 0.25) is 5.75 Å². The number of phenolic OH excluding ortho intramolecular Hbond substituents is 1. The third-order valence-corrected chi connectivity index (χ3v) is 4.37. The number of rotatable bonds is 8. The van der Waals surface area contributed by atoms with E-state index in [0.29, 0.717) is 29.6 Å². The number of hydrogen-bond donors (Lipinski definition) is 1. The van der Waals surface area contributed by atoms with Crippen molar-refractivity contribution in [3.05, 3.63) is 77.4 Å². The maximum Gasteiger partial charge on any atom is 0.203 e. The molecule has 150 valence electrons. The second-order valence-corrected chi connectivity index (χ2v) is 6.29. The standard InChI is InChI=1S/C24H24O5/c1-26-21-12-11-17(14-22(21)29-16-18-7-5-4-6-8-18)9-10-19-13-20(25)24(28-3)23(15-19)27-2/h4-15,25H,16H2,1-3H3/b10-9+. The molecule has 3 aromatic rings. The van der Waals surface area contributed by atoms with Crippen LogP contribution in [0.15, 0.2) is 60.7 Å². The van der Waals surface area contributed by atoms with Crippen molar-refractivity contribution in [3.8, 4) is 28.7 Å². The van der Waals surface area contributed by atoms with E-state index in [9.17, 15) is 5.11 Å². The Morgan fingerprint density at radius 1 is 0.724 bits per heavy atom. The first-order valence-corrected chi connectivity index (χ1v) is 9.12. The quantitative estimate of drug-likeness (QED) is 0.536. The lowest BCUT2D eigenvalue weighted by Crippen LogP contribution is -1.97. The van der Waals surface area contributed by atoms with Crippen LogP contribution >= 0.6 is 0 Å². The highest BCUT2D eigenvalue weighted by Crippen LogP contribution is 2.38. The average Bonchev–Trinajstić information content (AvgIpc) is 2.76. The lowest BCUT2D eigenvalue weighted by molar-refractivity contribution is 0.284. The summed E-state index contributed by atoms with van der Waals surface area (Å²) in [6.07, 6.45) is 3.81. The van der Waals surface area contributed by atoms with Crippen LogP contribution in [0.25, 0.3) is 12.2 Å². The lowest BCUT2D eigenvalue weighted by Gasteiger charge is -2.12. The molecule has 5 heteroatoms. The summed E-state index contributed by atoms with van der Waals surface area (Å²) in [6, 6.07) is 19.1. The normalized spacial score (nSPS) is 10.7. The van der Waals surface area contributed by atoms with Crippen LogP contribution in [0.3, 0.4) is 0 Å². The number of aromatic hydroxyl groups is 1. The molecule has 0 unspecified atom stereocenters. The molecule has 29 heavy (non-hydrogen) atoms. The SMILES string of the molecule is COc1ccc(/C=C/c2cc(O)c(OC)c(OC)c2)cc1OCc1ccccc1. The van der Waals surface area contributed by atoms with Crippen LogP contribution in [-0.2, 0) is 6.61 Å². The molecule has 3 rings (SSSR count). The number of benzene rings is 3. The monoisotopic (exact) mass is 392 g/mol. The fraction of sp³-hybridized carbons (Fsp3) is 0.167. The van der Waals surface area contributed by atoms with E-state index in [4.69, 9.17) is 18.9 Å². The zero-order chi connectivity index (χ0) is 20.6. The van der Waals surface area contributed by atoms with Crippen molar-refractivity contribution in [3.63, 3.8) is 0 Å². The summed E-state index contributed by atoms with van der Waals surface area (Å²) in [6.45, 7) is 0.452. The zero-order valence-electron chi connectivity index (χ0n) is 16.7. The van der Waals surface area contributed by atoms with Crippen LogP contribution in [0, 0.1) is 0 Å². The smallest absolute Gasteiger partial charge is 0.203 e. The first-order valence-electron chi connectivity index (χ1n) is 9.12. The molecule has 0 saturated carbocycles. The Kier molecular flexibility index (Phi) is 6.63. The molecule has 0 spiro atoms. The number of phenols is 1. The molecule has 0 aliphatic rings. The number of ether oxygens (including phenoxy) is 4. The first kappa shape index (κ1) is 20.1. The van der Waals surface area contributed by atoms with Gasteiger partial charge in [-0.15, -0.1) is 0 Å². The molecule has 0 bridgehead atoms. The van der Waals surface area contributed by atoms with Gasteiger partial charge >= 0.3 is 0 Å². The first-order chi connectivity index (χ1) is 14.1. The Bertz CT molecular complexity index is 980. The minimum absolute atomic E-state index is 0.0214. The highest BCUT2D eigenvalue weighted by molar-refractivity contribution is 5.73. The number of hydrogen-bond acceptors (Lipinski definition) is 5. The summed E-state index contributed by atoms with van der Waals surface area (Å²) in [5.41, 5.74) is 2.79. The van der Waals surface area contributed by atoms with E-state index < -0.39 is 0 Å². The number of methoxy groups -OCH3 is 3. The van der Waals surface area contributed by atoms with E-state index in [-0.39, 0.29) is 5.75 Å². The topological polar surface area (TPSA) is 57.2 Å². The molecule has 3 aromatic carbocycles. The molecule has 0 aliphatic heterocycles. The maximum absolute atomic E-state index is 10.1. The Morgan fingerprint density at radius 3 is 2.10 bits per heavy atom. The van der Waals surface area contributed by atoms with Gasteiger partial charge in [0.25, 0.3) is 0 Å². The van der Waals surface area contributed by atoms with Gasteiger partial charge in [0.1, 0.15) is 6.61 Å². The second-order valence-electron chi connectivity index (χ2n) is 6.29. The Labute approximate surface area is 170 Å². The zero-order valence-corrected chi connectivity index (χ0v) is 16.7. The van der Waals surface area contributed by atoms with E-state index in [1.165, 1.54) is 14.2 Å². The van der Waals surface area contributed by atoms with Gasteiger partial charge in [0, 0.05) is 0 Å². The lowest BCUT2D eigenvalue weighted by atomic mass is 10.1. The Morgan fingerprint density at radius 2 is 1.41 bits per heavy atom. The molecule has 0 amide bonds. The molecular formula is C24H24O5. The summed E-state index contributed by atoms with van der Waals surface area (Å²) in [5.74, 6) is 2.13. The van der Waals surface area contributed by atoms with Crippen molar-refractivity contribution in [2.45, 2.75) is 6.61 Å². The van der Waals surface area contributed by atoms with Crippen molar-refractivity contribution in [2.75, 3.05) is 21.3 Å². The predicted octanol–water partition coefficient (Wildman–Crippen LogP) is 5.17. The molecule has 0 aromatic heterocycles. The van der Waals surface area contributed by atoms with Crippen LogP contribution in [0.4, 0.5) is 0 Å². The van der Waals surface area contributed by atoms with E-state index in [1.54, 1.807) is 19.2 Å². The van der Waals surface area contributed by atoms with Crippen LogP contribution in [-0.4, -0.2) is 26.4 Å². The van der Waals surface area contributed by atoms with Gasteiger partial charge in [-0.05, 0) is 41.0 Å². The van der Waals surface area contributed by atoms with Gasteiger partial charge in [-0.1, -0.05) is 48.6 Å². The molecule has 0 fully saturated rings. The fourth-order valence-corrected chi connectivity index (χ4v) is 2.90. The predicted molar refractivity (Wildman–Crippen MR) is 114 cm³/mol. The molecule has 0 aliphatic carbocycles. The van der Waals surface area contributed by atoms with Crippen molar-refractivity contribution in [1.29, 1.82) is 0 Å². The average molecular weight is 392 g/mol. The van der Waals surface area contributed by atoms with Gasteiger partial charge in [-0.3, -0.25) is 0 Å².